The van der Waals surface area contributed by atoms with Crippen molar-refractivity contribution in [2.24, 2.45) is 0 Å². The molecule has 0 atom stereocenters. The molecule has 0 aliphatic rings. The van der Waals surface area contributed by atoms with Crippen LogP contribution < -0.4 is 5.32 Å². The van der Waals surface area contributed by atoms with Crippen LogP contribution in [0, 0.1) is 6.92 Å². The van der Waals surface area contributed by atoms with Crippen LogP contribution in [0.3, 0.4) is 0 Å². The molecule has 3 aromatic rings. The maximum atomic E-state index is 12.3. The third-order valence-electron chi connectivity index (χ3n) is 3.95. The van der Waals surface area contributed by atoms with Crippen molar-refractivity contribution in [1.29, 1.82) is 0 Å². The molecule has 2 heterocycles. The van der Waals surface area contributed by atoms with E-state index >= 15 is 0 Å². The number of ether oxygens (including phenoxy) is 2. The number of thiophene rings is 1. The van der Waals surface area contributed by atoms with E-state index < -0.39 is 11.9 Å². The van der Waals surface area contributed by atoms with Crippen LogP contribution in [-0.2, 0) is 20.7 Å². The molecule has 28 heavy (non-hydrogen) atoms. The largest absolute Gasteiger partial charge is 0.469 e. The van der Waals surface area contributed by atoms with Gasteiger partial charge < -0.3 is 14.8 Å². The van der Waals surface area contributed by atoms with E-state index in [-0.39, 0.29) is 18.9 Å². The quantitative estimate of drug-likeness (QED) is 0.596. The third kappa shape index (κ3) is 4.07. The fourth-order valence-corrected chi connectivity index (χ4v) is 3.91. The Bertz CT molecular complexity index is 1050. The number of carbonyl (C=O) groups excluding carboxylic acids is 2. The topological polar surface area (TPSA) is 90.4 Å². The van der Waals surface area contributed by atoms with Crippen LogP contribution in [0.1, 0.15) is 28.0 Å². The maximum absolute atomic E-state index is 12.3. The lowest BCUT2D eigenvalue weighted by molar-refractivity contribution is -0.139. The summed E-state index contributed by atoms with van der Waals surface area (Å²) in [5.74, 6) is -0.130. The van der Waals surface area contributed by atoms with Gasteiger partial charge in [0, 0.05) is 0 Å². The summed E-state index contributed by atoms with van der Waals surface area (Å²) in [6.07, 6.45) is -0.0880. The molecule has 146 valence electrons. The summed E-state index contributed by atoms with van der Waals surface area (Å²) in [6.45, 7) is 3.84. The third-order valence-corrected chi connectivity index (χ3v) is 5.45. The molecule has 2 aromatic heterocycles. The number of nitrogens with one attached hydrogen (secondary N) is 1. The Labute approximate surface area is 170 Å². The Morgan fingerprint density at radius 3 is 2.68 bits per heavy atom. The molecule has 0 radical (unpaired) electrons. The van der Waals surface area contributed by atoms with Crippen molar-refractivity contribution in [3.63, 3.8) is 0 Å². The highest BCUT2D eigenvalue weighted by Crippen LogP contribution is 2.36. The average molecular weight is 420 g/mol. The SMILES string of the molecule is CCOC(=O)c1sc2nc(CC(=O)OC)nc(Nc3ccccc3Cl)c2c1C. The van der Waals surface area contributed by atoms with Crippen molar-refractivity contribution >= 4 is 56.6 Å². The average Bonchev–Trinajstić information content (AvgIpc) is 3.00. The van der Waals surface area contributed by atoms with E-state index in [9.17, 15) is 9.59 Å². The number of aryl methyl sites for hydroxylation is 1. The van der Waals surface area contributed by atoms with E-state index in [0.717, 1.165) is 0 Å². The van der Waals surface area contributed by atoms with Gasteiger partial charge >= 0.3 is 11.9 Å². The predicted molar refractivity (Wildman–Crippen MR) is 109 cm³/mol. The Hall–Kier alpha value is -2.71. The van der Waals surface area contributed by atoms with Gasteiger partial charge in [0.05, 0.1) is 29.8 Å². The van der Waals surface area contributed by atoms with Crippen molar-refractivity contribution in [3.8, 4) is 0 Å². The first-order chi connectivity index (χ1) is 13.4. The Kier molecular flexibility index (Phi) is 6.11. The minimum absolute atomic E-state index is 0.0880. The highest BCUT2D eigenvalue weighted by molar-refractivity contribution is 7.20. The van der Waals surface area contributed by atoms with E-state index in [4.69, 9.17) is 21.1 Å². The number of halogens is 1. The number of benzene rings is 1. The molecule has 3 rings (SSSR count). The molecule has 9 heteroatoms. The Morgan fingerprint density at radius 2 is 2.00 bits per heavy atom. The van der Waals surface area contributed by atoms with E-state index in [2.05, 4.69) is 15.3 Å². The number of carbonyl (C=O) groups is 2. The van der Waals surface area contributed by atoms with Crippen LogP contribution >= 0.6 is 22.9 Å². The van der Waals surface area contributed by atoms with Gasteiger partial charge in [0.1, 0.15) is 27.8 Å². The number of rotatable bonds is 6. The molecular weight excluding hydrogens is 402 g/mol. The number of anilines is 2. The van der Waals surface area contributed by atoms with Gasteiger partial charge in [0.2, 0.25) is 0 Å². The molecule has 0 bridgehead atoms. The fourth-order valence-electron chi connectivity index (χ4n) is 2.64. The summed E-state index contributed by atoms with van der Waals surface area (Å²) in [6, 6.07) is 7.22. The summed E-state index contributed by atoms with van der Waals surface area (Å²) in [5.41, 5.74) is 1.36. The zero-order valence-electron chi connectivity index (χ0n) is 15.5. The van der Waals surface area contributed by atoms with E-state index in [1.165, 1.54) is 18.4 Å². The van der Waals surface area contributed by atoms with Gasteiger partial charge in [-0.1, -0.05) is 23.7 Å². The number of hydrogen-bond acceptors (Lipinski definition) is 8. The number of fused-ring (bicyclic) bond motifs is 1. The molecule has 0 fully saturated rings. The van der Waals surface area contributed by atoms with Crippen LogP contribution in [0.2, 0.25) is 5.02 Å². The normalized spacial score (nSPS) is 10.7. The highest BCUT2D eigenvalue weighted by atomic mass is 35.5. The van der Waals surface area contributed by atoms with Crippen molar-refractivity contribution < 1.29 is 19.1 Å². The second-order valence-electron chi connectivity index (χ2n) is 5.80. The summed E-state index contributed by atoms with van der Waals surface area (Å²) >= 11 is 7.46. The minimum atomic E-state index is -0.457. The van der Waals surface area contributed by atoms with Gasteiger partial charge in [-0.25, -0.2) is 14.8 Å². The molecule has 0 aliphatic carbocycles. The summed E-state index contributed by atoms with van der Waals surface area (Å²) in [4.78, 5) is 33.9. The highest BCUT2D eigenvalue weighted by Gasteiger charge is 2.22. The number of hydrogen-bond donors (Lipinski definition) is 1. The molecule has 0 spiro atoms. The number of esters is 2. The molecule has 0 amide bonds. The maximum Gasteiger partial charge on any atom is 0.348 e. The van der Waals surface area contributed by atoms with Gasteiger partial charge in [-0.2, -0.15) is 0 Å². The monoisotopic (exact) mass is 419 g/mol. The van der Waals surface area contributed by atoms with E-state index in [1.807, 2.05) is 25.1 Å². The van der Waals surface area contributed by atoms with Crippen LogP contribution in [0.25, 0.3) is 10.2 Å². The van der Waals surface area contributed by atoms with Crippen molar-refractivity contribution in [1.82, 2.24) is 9.97 Å². The molecule has 0 aliphatic heterocycles. The second-order valence-corrected chi connectivity index (χ2v) is 7.21. The van der Waals surface area contributed by atoms with Crippen molar-refractivity contribution in [2.45, 2.75) is 20.3 Å². The molecule has 0 saturated carbocycles. The molecule has 1 N–H and O–H groups in total. The van der Waals surface area contributed by atoms with E-state index in [1.54, 1.807) is 13.0 Å². The lowest BCUT2D eigenvalue weighted by Crippen LogP contribution is -2.09. The predicted octanol–water partition coefficient (Wildman–Crippen LogP) is 4.29. The molecule has 1 aromatic carbocycles. The number of para-hydroxylation sites is 1. The lowest BCUT2D eigenvalue weighted by atomic mass is 10.2. The van der Waals surface area contributed by atoms with Crippen LogP contribution in [-0.4, -0.2) is 35.6 Å². The van der Waals surface area contributed by atoms with Crippen LogP contribution in [0.4, 0.5) is 11.5 Å². The van der Waals surface area contributed by atoms with Crippen molar-refractivity contribution in [2.75, 3.05) is 19.0 Å². The summed E-state index contributed by atoms with van der Waals surface area (Å²) in [7, 11) is 1.30. The minimum Gasteiger partial charge on any atom is -0.469 e. The molecule has 0 saturated heterocycles. The van der Waals surface area contributed by atoms with Gasteiger partial charge in [0.15, 0.2) is 0 Å². The van der Waals surface area contributed by atoms with Crippen molar-refractivity contribution in [3.05, 3.63) is 45.6 Å². The lowest BCUT2D eigenvalue weighted by Gasteiger charge is -2.11. The fraction of sp³-hybridized carbons (Fsp3) is 0.263. The summed E-state index contributed by atoms with van der Waals surface area (Å²) in [5, 5.41) is 4.39. The smallest absolute Gasteiger partial charge is 0.348 e. The first-order valence-electron chi connectivity index (χ1n) is 8.50. The number of methoxy groups -OCH3 is 1. The van der Waals surface area contributed by atoms with Crippen LogP contribution in [0.5, 0.6) is 0 Å². The Morgan fingerprint density at radius 1 is 1.25 bits per heavy atom. The van der Waals surface area contributed by atoms with E-state index in [0.29, 0.717) is 37.2 Å². The molecule has 0 unspecified atom stereocenters. The van der Waals surface area contributed by atoms with Gasteiger partial charge in [0.25, 0.3) is 0 Å². The number of aromatic nitrogens is 2. The molecule has 7 nitrogen and oxygen atoms in total. The summed E-state index contributed by atoms with van der Waals surface area (Å²) < 4.78 is 9.85. The molecular formula is C19H18ClN3O4S. The standard InChI is InChI=1S/C19H18ClN3O4S/c1-4-27-19(25)16-10(2)15-17(21-12-8-6-5-7-11(12)20)22-13(9-14(24)26-3)23-18(15)28-16/h5-8H,4,9H2,1-3H3,(H,21,22,23). The zero-order valence-corrected chi connectivity index (χ0v) is 17.1. The van der Waals surface area contributed by atoms with Gasteiger partial charge in [-0.3, -0.25) is 4.79 Å². The van der Waals surface area contributed by atoms with Gasteiger partial charge in [-0.05, 0) is 31.5 Å². The van der Waals surface area contributed by atoms with Crippen LogP contribution in [0.15, 0.2) is 24.3 Å². The Balaban J connectivity index is 2.15. The second kappa shape index (κ2) is 8.53. The first kappa shape index (κ1) is 20.0. The number of nitrogens with zero attached hydrogens (tertiary/aromatic N) is 2. The first-order valence-corrected chi connectivity index (χ1v) is 9.69. The zero-order chi connectivity index (χ0) is 20.3. The van der Waals surface area contributed by atoms with Gasteiger partial charge in [-0.15, -0.1) is 11.3 Å².